The average Bonchev–Trinajstić information content (AvgIpc) is 3.27. The van der Waals surface area contributed by atoms with Gasteiger partial charge in [0.25, 0.3) is 0 Å². The highest BCUT2D eigenvalue weighted by Gasteiger charge is 2.20. The van der Waals surface area contributed by atoms with Gasteiger partial charge in [0, 0.05) is 11.8 Å². The molecular formula is C19H16ClF2N7O2S. The summed E-state index contributed by atoms with van der Waals surface area (Å²) >= 11 is 6.18. The molecule has 0 radical (unpaired) electrons. The molecule has 0 unspecified atom stereocenters. The first-order valence-electron chi connectivity index (χ1n) is 9.30. The summed E-state index contributed by atoms with van der Waals surface area (Å²) < 4.78 is 53.8. The molecular weight excluding hydrogens is 464 g/mol. The summed E-state index contributed by atoms with van der Waals surface area (Å²) in [7, 11) is -3.94. The van der Waals surface area contributed by atoms with Crippen LogP contribution in [0.25, 0.3) is 22.4 Å². The van der Waals surface area contributed by atoms with Gasteiger partial charge in [-0.3, -0.25) is 9.11 Å². The van der Waals surface area contributed by atoms with Gasteiger partial charge in [-0.2, -0.15) is 0 Å². The zero-order valence-corrected chi connectivity index (χ0v) is 17.9. The second-order valence-corrected chi connectivity index (χ2v) is 8.84. The van der Waals surface area contributed by atoms with Gasteiger partial charge in [-0.15, -0.1) is 0 Å². The molecule has 0 atom stereocenters. The summed E-state index contributed by atoms with van der Waals surface area (Å²) in [6.07, 6.45) is 4.12. The molecule has 0 aliphatic rings. The van der Waals surface area contributed by atoms with Crippen LogP contribution in [0.5, 0.6) is 0 Å². The first-order valence-corrected chi connectivity index (χ1v) is 11.3. The van der Waals surface area contributed by atoms with E-state index in [1.807, 2.05) is 0 Å². The van der Waals surface area contributed by atoms with E-state index in [1.165, 1.54) is 31.0 Å². The largest absolute Gasteiger partial charge is 0.336 e. The molecule has 0 saturated carbocycles. The van der Waals surface area contributed by atoms with Crippen molar-refractivity contribution in [1.29, 1.82) is 0 Å². The number of halogens is 3. The Morgan fingerprint density at radius 3 is 2.78 bits per heavy atom. The summed E-state index contributed by atoms with van der Waals surface area (Å²) in [4.78, 5) is 19.7. The van der Waals surface area contributed by atoms with Gasteiger partial charge in [-0.05, 0) is 30.7 Å². The van der Waals surface area contributed by atoms with Crippen LogP contribution in [0.15, 0.2) is 43.1 Å². The Kier molecular flexibility index (Phi) is 6.15. The average molecular weight is 480 g/mol. The second-order valence-electron chi connectivity index (χ2n) is 6.59. The van der Waals surface area contributed by atoms with E-state index in [1.54, 1.807) is 12.1 Å². The van der Waals surface area contributed by atoms with Crippen LogP contribution < -0.4 is 10.0 Å². The van der Waals surface area contributed by atoms with Gasteiger partial charge in [0.15, 0.2) is 11.5 Å². The molecule has 3 aromatic heterocycles. The van der Waals surface area contributed by atoms with Gasteiger partial charge >= 0.3 is 0 Å². The quantitative estimate of drug-likeness (QED) is 0.348. The van der Waals surface area contributed by atoms with Crippen molar-refractivity contribution in [3.05, 3.63) is 54.0 Å². The van der Waals surface area contributed by atoms with Crippen LogP contribution in [-0.4, -0.2) is 45.8 Å². The normalized spacial score (nSPS) is 11.6. The number of sulfonamides is 1. The predicted octanol–water partition coefficient (Wildman–Crippen LogP) is 4.05. The first kappa shape index (κ1) is 21.8. The lowest BCUT2D eigenvalue weighted by atomic mass is 10.1. The number of fused-ring (bicyclic) bond motifs is 1. The highest BCUT2D eigenvalue weighted by Crippen LogP contribution is 2.36. The third-order valence-electron chi connectivity index (χ3n) is 4.43. The van der Waals surface area contributed by atoms with Crippen molar-refractivity contribution in [3.63, 3.8) is 0 Å². The monoisotopic (exact) mass is 479 g/mol. The van der Waals surface area contributed by atoms with Crippen LogP contribution >= 0.6 is 11.6 Å². The number of nitrogens with one attached hydrogen (secondary N) is 3. The van der Waals surface area contributed by atoms with Gasteiger partial charge < -0.3 is 10.3 Å². The van der Waals surface area contributed by atoms with Crippen molar-refractivity contribution in [1.82, 2.24) is 24.9 Å². The van der Waals surface area contributed by atoms with Crippen LogP contribution in [-0.2, 0) is 10.0 Å². The number of anilines is 3. The number of nitrogens with zero attached hydrogens (tertiary/aromatic N) is 4. The molecule has 4 rings (SSSR count). The Labute approximate surface area is 186 Å². The minimum atomic E-state index is -3.94. The Morgan fingerprint density at radius 1 is 1.12 bits per heavy atom. The lowest BCUT2D eigenvalue weighted by molar-refractivity contribution is 0.484. The van der Waals surface area contributed by atoms with Crippen LogP contribution in [0.2, 0.25) is 5.02 Å². The Bertz CT molecular complexity index is 1380. The molecule has 0 spiro atoms. The molecule has 0 aliphatic carbocycles. The molecule has 0 bridgehead atoms. The predicted molar refractivity (Wildman–Crippen MR) is 118 cm³/mol. The maximum Gasteiger partial charge on any atom is 0.232 e. The van der Waals surface area contributed by atoms with Gasteiger partial charge in [0.05, 0.1) is 35.2 Å². The maximum absolute atomic E-state index is 15.2. The van der Waals surface area contributed by atoms with E-state index >= 15 is 4.39 Å². The summed E-state index contributed by atoms with van der Waals surface area (Å²) in [5.74, 6) is -1.20. The minimum absolute atomic E-state index is 0.00147. The highest BCUT2D eigenvalue weighted by molar-refractivity contribution is 7.92. The van der Waals surface area contributed by atoms with E-state index < -0.39 is 28.3 Å². The van der Waals surface area contributed by atoms with Gasteiger partial charge in [0.2, 0.25) is 10.0 Å². The van der Waals surface area contributed by atoms with Gasteiger partial charge in [-0.25, -0.2) is 32.7 Å². The van der Waals surface area contributed by atoms with E-state index in [-0.39, 0.29) is 28.6 Å². The third-order valence-corrected chi connectivity index (χ3v) is 6.10. The topological polar surface area (TPSA) is 126 Å². The van der Waals surface area contributed by atoms with Crippen LogP contribution in [0.4, 0.5) is 26.0 Å². The zero-order chi connectivity index (χ0) is 22.7. The number of alkyl halides is 1. The van der Waals surface area contributed by atoms with E-state index in [0.29, 0.717) is 22.4 Å². The lowest BCUT2D eigenvalue weighted by Crippen LogP contribution is -2.18. The molecule has 9 nitrogen and oxygen atoms in total. The molecule has 0 amide bonds. The summed E-state index contributed by atoms with van der Waals surface area (Å²) in [6.45, 7) is -0.800. The molecule has 32 heavy (non-hydrogen) atoms. The number of pyridine rings is 1. The fourth-order valence-corrected chi connectivity index (χ4v) is 4.26. The molecule has 166 valence electrons. The molecule has 0 aliphatic heterocycles. The van der Waals surface area contributed by atoms with Gasteiger partial charge in [0.1, 0.15) is 23.4 Å². The standard InChI is InChI=1S/C19H16ClF2N7O2S/c20-12-4-5-13(29-32(30,31)8-2-6-21)14(22)16(12)28-18-11(3-1-7-23-18)15-17-19(26-9-24-15)27-10-25-17/h1,3-5,7,9-10,29H,2,6,8H2,(H,23,28)(H,24,25,26,27). The van der Waals surface area contributed by atoms with E-state index in [9.17, 15) is 12.8 Å². The van der Waals surface area contributed by atoms with Crippen molar-refractivity contribution in [2.75, 3.05) is 22.5 Å². The van der Waals surface area contributed by atoms with E-state index in [4.69, 9.17) is 11.6 Å². The first-order chi connectivity index (χ1) is 15.4. The number of benzene rings is 1. The molecule has 0 saturated heterocycles. The SMILES string of the molecule is O=S(=O)(CCCF)Nc1ccc(Cl)c(Nc2ncccc2-c2ncnc3[nH]cnc23)c1F. The number of hydrogen-bond acceptors (Lipinski definition) is 7. The second kappa shape index (κ2) is 9.01. The number of hydrogen-bond donors (Lipinski definition) is 3. The number of imidazole rings is 1. The van der Waals surface area contributed by atoms with Crippen molar-refractivity contribution in [2.45, 2.75) is 6.42 Å². The Balaban J connectivity index is 1.72. The number of H-pyrrole nitrogens is 1. The fraction of sp³-hybridized carbons (Fsp3) is 0.158. The molecule has 0 fully saturated rings. The molecule has 4 aromatic rings. The molecule has 3 N–H and O–H groups in total. The van der Waals surface area contributed by atoms with E-state index in [0.717, 1.165) is 0 Å². The lowest BCUT2D eigenvalue weighted by Gasteiger charge is -2.15. The van der Waals surface area contributed by atoms with Crippen LogP contribution in [0.1, 0.15) is 6.42 Å². The summed E-state index contributed by atoms with van der Waals surface area (Å²) in [6, 6.07) is 5.90. The number of rotatable bonds is 8. The highest BCUT2D eigenvalue weighted by atomic mass is 35.5. The number of aromatic amines is 1. The molecule has 1 aromatic carbocycles. The van der Waals surface area contributed by atoms with Crippen molar-refractivity contribution >= 4 is 50.0 Å². The molecule has 3 heterocycles. The van der Waals surface area contributed by atoms with Crippen molar-refractivity contribution in [3.8, 4) is 11.3 Å². The van der Waals surface area contributed by atoms with Crippen LogP contribution in [0, 0.1) is 5.82 Å². The van der Waals surface area contributed by atoms with E-state index in [2.05, 4.69) is 35.0 Å². The Morgan fingerprint density at radius 2 is 1.97 bits per heavy atom. The fourth-order valence-electron chi connectivity index (χ4n) is 2.99. The Hall–Kier alpha value is -3.38. The zero-order valence-electron chi connectivity index (χ0n) is 16.3. The summed E-state index contributed by atoms with van der Waals surface area (Å²) in [5.41, 5.74) is 1.43. The maximum atomic E-state index is 15.2. The van der Waals surface area contributed by atoms with Crippen molar-refractivity contribution in [2.24, 2.45) is 0 Å². The molecule has 13 heteroatoms. The third kappa shape index (κ3) is 4.46. The van der Waals surface area contributed by atoms with Crippen molar-refractivity contribution < 1.29 is 17.2 Å². The summed E-state index contributed by atoms with van der Waals surface area (Å²) in [5, 5.41) is 2.82. The van der Waals surface area contributed by atoms with Crippen LogP contribution in [0.3, 0.4) is 0 Å². The van der Waals surface area contributed by atoms with Gasteiger partial charge in [-0.1, -0.05) is 11.6 Å². The smallest absolute Gasteiger partial charge is 0.232 e. The minimum Gasteiger partial charge on any atom is -0.336 e. The number of aromatic nitrogens is 5.